The van der Waals surface area contributed by atoms with E-state index in [4.69, 9.17) is 11.6 Å². The van der Waals surface area contributed by atoms with Crippen molar-refractivity contribution < 1.29 is 13.2 Å². The number of sulfone groups is 1. The van der Waals surface area contributed by atoms with E-state index in [0.717, 1.165) is 17.4 Å². The van der Waals surface area contributed by atoms with Crippen LogP contribution in [0.25, 0.3) is 0 Å². The van der Waals surface area contributed by atoms with Crippen LogP contribution in [0.2, 0.25) is 5.02 Å². The van der Waals surface area contributed by atoms with Crippen molar-refractivity contribution >= 4 is 27.7 Å². The van der Waals surface area contributed by atoms with E-state index in [0.29, 0.717) is 5.02 Å². The SMILES string of the molecule is Cc1ccc(S(=O)(=O)[C@@H]2[C@@H](C=O)[C@@H]2c2ccc(Cl)cc2)cc1. The van der Waals surface area contributed by atoms with Crippen molar-refractivity contribution in [3.63, 3.8) is 0 Å². The van der Waals surface area contributed by atoms with Gasteiger partial charge in [0.15, 0.2) is 9.84 Å². The monoisotopic (exact) mass is 334 g/mol. The summed E-state index contributed by atoms with van der Waals surface area (Å²) < 4.78 is 25.5. The molecule has 3 rings (SSSR count). The van der Waals surface area contributed by atoms with Gasteiger partial charge in [-0.1, -0.05) is 41.4 Å². The Morgan fingerprint density at radius 1 is 1.00 bits per heavy atom. The fourth-order valence-corrected chi connectivity index (χ4v) is 5.09. The molecule has 0 bridgehead atoms. The van der Waals surface area contributed by atoms with Gasteiger partial charge in [0.05, 0.1) is 10.1 Å². The fourth-order valence-electron chi connectivity index (χ4n) is 2.85. The molecule has 0 N–H and O–H groups in total. The first-order chi connectivity index (χ1) is 10.4. The zero-order valence-corrected chi connectivity index (χ0v) is 13.5. The lowest BCUT2D eigenvalue weighted by Gasteiger charge is -2.05. The topological polar surface area (TPSA) is 51.2 Å². The van der Waals surface area contributed by atoms with Gasteiger partial charge in [0.25, 0.3) is 0 Å². The second kappa shape index (κ2) is 5.52. The maximum atomic E-state index is 12.7. The molecule has 0 unspecified atom stereocenters. The number of aldehydes is 1. The second-order valence-electron chi connectivity index (χ2n) is 5.61. The van der Waals surface area contributed by atoms with E-state index in [9.17, 15) is 13.2 Å². The molecule has 3 atom stereocenters. The molecule has 3 nitrogen and oxygen atoms in total. The predicted octanol–water partition coefficient (Wildman–Crippen LogP) is 3.40. The highest BCUT2D eigenvalue weighted by atomic mass is 35.5. The Morgan fingerprint density at radius 3 is 2.14 bits per heavy atom. The lowest BCUT2D eigenvalue weighted by atomic mass is 10.1. The van der Waals surface area contributed by atoms with Gasteiger partial charge in [-0.15, -0.1) is 0 Å². The average Bonchev–Trinajstić information content (AvgIpc) is 3.24. The molecule has 0 saturated heterocycles. The molecule has 0 amide bonds. The van der Waals surface area contributed by atoms with Crippen molar-refractivity contribution in [3.8, 4) is 0 Å². The molecule has 2 aromatic carbocycles. The van der Waals surface area contributed by atoms with Gasteiger partial charge in [0.2, 0.25) is 0 Å². The molecule has 0 radical (unpaired) electrons. The van der Waals surface area contributed by atoms with E-state index < -0.39 is 21.0 Å². The van der Waals surface area contributed by atoms with Crippen molar-refractivity contribution in [2.75, 3.05) is 0 Å². The third-order valence-electron chi connectivity index (χ3n) is 4.13. The number of hydrogen-bond acceptors (Lipinski definition) is 3. The van der Waals surface area contributed by atoms with Crippen LogP contribution >= 0.6 is 11.6 Å². The van der Waals surface area contributed by atoms with Gasteiger partial charge in [-0.25, -0.2) is 8.42 Å². The quantitative estimate of drug-likeness (QED) is 0.805. The van der Waals surface area contributed by atoms with Crippen LogP contribution in [0.15, 0.2) is 53.4 Å². The highest BCUT2D eigenvalue weighted by Gasteiger charge is 2.58. The van der Waals surface area contributed by atoms with Crippen LogP contribution in [-0.2, 0) is 14.6 Å². The molecule has 114 valence electrons. The van der Waals surface area contributed by atoms with Crippen molar-refractivity contribution in [3.05, 3.63) is 64.7 Å². The summed E-state index contributed by atoms with van der Waals surface area (Å²) in [6.07, 6.45) is 0.746. The zero-order valence-electron chi connectivity index (χ0n) is 11.9. The Hall–Kier alpha value is -1.65. The van der Waals surface area contributed by atoms with E-state index in [2.05, 4.69) is 0 Å². The van der Waals surface area contributed by atoms with Gasteiger partial charge in [-0.3, -0.25) is 0 Å². The minimum Gasteiger partial charge on any atom is -0.303 e. The van der Waals surface area contributed by atoms with Gasteiger partial charge in [0, 0.05) is 16.9 Å². The summed E-state index contributed by atoms with van der Waals surface area (Å²) in [5.74, 6) is -0.784. The molecular weight excluding hydrogens is 320 g/mol. The number of hydrogen-bond donors (Lipinski definition) is 0. The zero-order chi connectivity index (χ0) is 15.9. The Bertz CT molecular complexity index is 795. The summed E-state index contributed by atoms with van der Waals surface area (Å²) in [5.41, 5.74) is 1.83. The minimum absolute atomic E-state index is 0.270. The van der Waals surface area contributed by atoms with Crippen LogP contribution in [0, 0.1) is 12.8 Å². The summed E-state index contributed by atoms with van der Waals surface area (Å²) in [5, 5.41) is -0.0983. The average molecular weight is 335 g/mol. The van der Waals surface area contributed by atoms with Crippen LogP contribution in [0.4, 0.5) is 0 Å². The third-order valence-corrected chi connectivity index (χ3v) is 6.63. The number of carbonyl (C=O) groups excluding carboxylic acids is 1. The second-order valence-corrected chi connectivity index (χ2v) is 8.16. The van der Waals surface area contributed by atoms with Crippen molar-refractivity contribution in [2.45, 2.75) is 23.0 Å². The summed E-state index contributed by atoms with van der Waals surface area (Å²) in [6.45, 7) is 1.90. The number of carbonyl (C=O) groups is 1. The van der Waals surface area contributed by atoms with Crippen molar-refractivity contribution in [2.24, 2.45) is 5.92 Å². The van der Waals surface area contributed by atoms with Crippen molar-refractivity contribution in [1.82, 2.24) is 0 Å². The molecule has 2 aromatic rings. The van der Waals surface area contributed by atoms with E-state index in [-0.39, 0.29) is 10.8 Å². The van der Waals surface area contributed by atoms with E-state index in [1.54, 1.807) is 48.5 Å². The molecule has 1 saturated carbocycles. The van der Waals surface area contributed by atoms with E-state index >= 15 is 0 Å². The first kappa shape index (κ1) is 15.3. The maximum absolute atomic E-state index is 12.7. The summed E-state index contributed by atoms with van der Waals surface area (Å²) >= 11 is 5.86. The number of aryl methyl sites for hydroxylation is 1. The summed E-state index contributed by atoms with van der Waals surface area (Å²) in [4.78, 5) is 11.5. The molecule has 0 aromatic heterocycles. The number of halogens is 1. The van der Waals surface area contributed by atoms with Gasteiger partial charge >= 0.3 is 0 Å². The van der Waals surface area contributed by atoms with Gasteiger partial charge < -0.3 is 4.79 Å². The molecule has 0 heterocycles. The van der Waals surface area contributed by atoms with Gasteiger partial charge in [0.1, 0.15) is 6.29 Å². The van der Waals surface area contributed by atoms with Crippen LogP contribution in [0.5, 0.6) is 0 Å². The van der Waals surface area contributed by atoms with Crippen LogP contribution in [0.3, 0.4) is 0 Å². The number of benzene rings is 2. The molecular formula is C17H15ClO3S. The largest absolute Gasteiger partial charge is 0.303 e. The lowest BCUT2D eigenvalue weighted by molar-refractivity contribution is -0.108. The summed E-state index contributed by atoms with van der Waals surface area (Å²) in [7, 11) is -3.52. The highest BCUT2D eigenvalue weighted by molar-refractivity contribution is 7.92. The van der Waals surface area contributed by atoms with Crippen LogP contribution in [0.1, 0.15) is 17.0 Å². The van der Waals surface area contributed by atoms with Gasteiger partial charge in [-0.2, -0.15) is 0 Å². The summed E-state index contributed by atoms with van der Waals surface area (Å²) in [6, 6.07) is 13.7. The lowest BCUT2D eigenvalue weighted by Crippen LogP contribution is -2.11. The Balaban J connectivity index is 1.95. The van der Waals surface area contributed by atoms with Crippen LogP contribution < -0.4 is 0 Å². The molecule has 1 aliphatic carbocycles. The Labute approximate surface area is 134 Å². The Morgan fingerprint density at radius 2 is 1.59 bits per heavy atom. The molecule has 5 heteroatoms. The molecule has 1 aliphatic rings. The normalized spacial score (nSPS) is 24.0. The number of rotatable bonds is 4. The predicted molar refractivity (Wildman–Crippen MR) is 85.9 cm³/mol. The fraction of sp³-hybridized carbons (Fsp3) is 0.235. The van der Waals surface area contributed by atoms with Crippen LogP contribution in [-0.4, -0.2) is 20.0 Å². The smallest absolute Gasteiger partial charge is 0.182 e. The molecule has 0 spiro atoms. The molecule has 1 fully saturated rings. The van der Waals surface area contributed by atoms with Crippen molar-refractivity contribution in [1.29, 1.82) is 0 Å². The van der Waals surface area contributed by atoms with E-state index in [1.165, 1.54) is 0 Å². The minimum atomic E-state index is -3.52. The molecule has 22 heavy (non-hydrogen) atoms. The van der Waals surface area contributed by atoms with Gasteiger partial charge in [-0.05, 0) is 36.8 Å². The molecule has 0 aliphatic heterocycles. The maximum Gasteiger partial charge on any atom is 0.182 e. The standard InChI is InChI=1S/C17H15ClO3S/c1-11-2-8-14(9-3-11)22(20,21)17-15(10-19)16(17)12-4-6-13(18)7-5-12/h2-10,15-17H,1H3/t15-,16-,17+/m0/s1. The highest BCUT2D eigenvalue weighted by Crippen LogP contribution is 2.52. The Kier molecular flexibility index (Phi) is 3.83. The first-order valence-corrected chi connectivity index (χ1v) is 8.89. The first-order valence-electron chi connectivity index (χ1n) is 6.96. The third kappa shape index (κ3) is 2.57. The van der Waals surface area contributed by atoms with E-state index in [1.807, 2.05) is 6.92 Å².